The van der Waals surface area contributed by atoms with Crippen molar-refractivity contribution in [2.45, 2.75) is 12.8 Å². The van der Waals surface area contributed by atoms with Gasteiger partial charge in [-0.25, -0.2) is 9.97 Å². The van der Waals surface area contributed by atoms with E-state index in [1.807, 2.05) is 0 Å². The number of nitrogens with zero attached hydrogens (tertiary/aromatic N) is 2. The van der Waals surface area contributed by atoms with Gasteiger partial charge < -0.3 is 9.72 Å². The van der Waals surface area contributed by atoms with Crippen LogP contribution in [0, 0.1) is 0 Å². The zero-order valence-electron chi connectivity index (χ0n) is 8.68. The Bertz CT molecular complexity index is 531. The van der Waals surface area contributed by atoms with Crippen molar-refractivity contribution in [1.82, 2.24) is 15.0 Å². The van der Waals surface area contributed by atoms with Crippen LogP contribution < -0.4 is 0 Å². The molecule has 0 spiro atoms. The molecule has 0 aliphatic carbocycles. The van der Waals surface area contributed by atoms with Crippen molar-refractivity contribution in [2.75, 3.05) is 6.61 Å². The number of pyridine rings is 1. The van der Waals surface area contributed by atoms with Crippen LogP contribution in [-0.4, -0.2) is 27.7 Å². The Balaban J connectivity index is 2.11. The fourth-order valence-corrected chi connectivity index (χ4v) is 1.56. The van der Waals surface area contributed by atoms with E-state index in [0.717, 1.165) is 0 Å². The van der Waals surface area contributed by atoms with Crippen LogP contribution in [0.2, 0.25) is 10.2 Å². The highest BCUT2D eigenvalue weighted by Crippen LogP contribution is 2.23. The molecule has 2 heterocycles. The third-order valence-electron chi connectivity index (χ3n) is 1.94. The molecule has 98 valence electrons. The molecule has 9 heteroatoms. The minimum absolute atomic E-state index is 0.0819. The number of H-pyrrole nitrogens is 1. The topological polar surface area (TPSA) is 50.8 Å². The summed E-state index contributed by atoms with van der Waals surface area (Å²) in [6, 6.07) is 1.49. The number of imidazole rings is 1. The molecule has 0 unspecified atom stereocenters. The molecule has 0 saturated carbocycles. The van der Waals surface area contributed by atoms with Crippen molar-refractivity contribution in [2.24, 2.45) is 0 Å². The zero-order chi connectivity index (χ0) is 13.3. The summed E-state index contributed by atoms with van der Waals surface area (Å²) in [5.41, 5.74) is 0.755. The largest absolute Gasteiger partial charge is 0.411 e. The number of alkyl halides is 3. The number of hydrogen-bond donors (Lipinski definition) is 1. The smallest absolute Gasteiger partial charge is 0.364 e. The van der Waals surface area contributed by atoms with Gasteiger partial charge in [0.1, 0.15) is 24.2 Å². The van der Waals surface area contributed by atoms with E-state index in [1.165, 1.54) is 6.07 Å². The molecule has 0 amide bonds. The van der Waals surface area contributed by atoms with Gasteiger partial charge in [0, 0.05) is 0 Å². The molecule has 0 saturated heterocycles. The molecule has 0 aliphatic heterocycles. The van der Waals surface area contributed by atoms with Gasteiger partial charge in [-0.15, -0.1) is 0 Å². The quantitative estimate of drug-likeness (QED) is 0.884. The normalized spacial score (nSPS) is 12.3. The van der Waals surface area contributed by atoms with E-state index >= 15 is 0 Å². The molecule has 0 fully saturated rings. The van der Waals surface area contributed by atoms with Gasteiger partial charge in [-0.1, -0.05) is 23.2 Å². The maximum Gasteiger partial charge on any atom is 0.411 e. The Morgan fingerprint density at radius 1 is 1.28 bits per heavy atom. The first kappa shape index (κ1) is 13.4. The summed E-state index contributed by atoms with van der Waals surface area (Å²) in [4.78, 5) is 10.5. The number of fused-ring (bicyclic) bond motifs is 1. The lowest BCUT2D eigenvalue weighted by Crippen LogP contribution is -2.16. The molecule has 0 atom stereocenters. The average Bonchev–Trinajstić information content (AvgIpc) is 2.58. The van der Waals surface area contributed by atoms with E-state index < -0.39 is 12.8 Å². The fraction of sp³-hybridized carbons (Fsp3) is 0.333. The Labute approximate surface area is 109 Å². The van der Waals surface area contributed by atoms with Gasteiger partial charge in [-0.3, -0.25) is 0 Å². The first-order valence-electron chi connectivity index (χ1n) is 4.70. The number of nitrogens with one attached hydrogen (secondary N) is 1. The lowest BCUT2D eigenvalue weighted by molar-refractivity contribution is -0.177. The van der Waals surface area contributed by atoms with Gasteiger partial charge in [0.05, 0.1) is 10.5 Å². The summed E-state index contributed by atoms with van der Waals surface area (Å²) in [5, 5.41) is 0.314. The van der Waals surface area contributed by atoms with Crippen molar-refractivity contribution >= 4 is 34.4 Å². The molecule has 0 radical (unpaired) electrons. The van der Waals surface area contributed by atoms with E-state index in [1.54, 1.807) is 0 Å². The molecule has 2 aromatic heterocycles. The maximum atomic E-state index is 11.9. The third kappa shape index (κ3) is 3.24. The predicted molar refractivity (Wildman–Crippen MR) is 59.6 cm³/mol. The highest BCUT2D eigenvalue weighted by molar-refractivity contribution is 6.41. The minimum atomic E-state index is -4.36. The molecule has 0 aromatic carbocycles. The average molecular weight is 300 g/mol. The highest BCUT2D eigenvalue weighted by Gasteiger charge is 2.27. The van der Waals surface area contributed by atoms with Crippen LogP contribution in [0.15, 0.2) is 6.07 Å². The summed E-state index contributed by atoms with van der Waals surface area (Å²) < 4.78 is 40.1. The number of hydrogen-bond acceptors (Lipinski definition) is 3. The molecule has 0 aliphatic rings. The molecule has 2 aromatic rings. The lowest BCUT2D eigenvalue weighted by atomic mass is 10.4. The van der Waals surface area contributed by atoms with Crippen molar-refractivity contribution in [3.63, 3.8) is 0 Å². The van der Waals surface area contributed by atoms with E-state index in [-0.39, 0.29) is 28.3 Å². The van der Waals surface area contributed by atoms with E-state index in [0.29, 0.717) is 5.52 Å². The van der Waals surface area contributed by atoms with Crippen LogP contribution in [0.25, 0.3) is 11.2 Å². The predicted octanol–water partition coefficient (Wildman–Crippen LogP) is 3.34. The SMILES string of the molecule is FC(F)(F)COCc1nc2nc(Cl)c(Cl)cc2[nH]1. The second-order valence-electron chi connectivity index (χ2n) is 3.42. The first-order valence-corrected chi connectivity index (χ1v) is 5.46. The van der Waals surface area contributed by atoms with Crippen LogP contribution in [-0.2, 0) is 11.3 Å². The van der Waals surface area contributed by atoms with Crippen LogP contribution in [0.3, 0.4) is 0 Å². The van der Waals surface area contributed by atoms with Gasteiger partial charge in [0.15, 0.2) is 5.65 Å². The number of rotatable bonds is 3. The molecule has 1 N–H and O–H groups in total. The summed E-state index contributed by atoms with van der Waals surface area (Å²) in [6.07, 6.45) is -4.36. The summed E-state index contributed by atoms with van der Waals surface area (Å²) in [7, 11) is 0. The lowest BCUT2D eigenvalue weighted by Gasteiger charge is -2.05. The summed E-state index contributed by atoms with van der Waals surface area (Å²) >= 11 is 11.4. The minimum Gasteiger partial charge on any atom is -0.364 e. The Hall–Kier alpha value is -1.05. The van der Waals surface area contributed by atoms with Crippen LogP contribution in [0.4, 0.5) is 13.2 Å². The molecule has 0 bridgehead atoms. The van der Waals surface area contributed by atoms with Crippen LogP contribution >= 0.6 is 23.2 Å². The van der Waals surface area contributed by atoms with Gasteiger partial charge in [-0.2, -0.15) is 13.2 Å². The monoisotopic (exact) mass is 299 g/mol. The second-order valence-corrected chi connectivity index (χ2v) is 4.19. The van der Waals surface area contributed by atoms with Crippen molar-refractivity contribution < 1.29 is 17.9 Å². The van der Waals surface area contributed by atoms with Crippen molar-refractivity contribution in [3.05, 3.63) is 22.1 Å². The van der Waals surface area contributed by atoms with Crippen molar-refractivity contribution in [1.29, 1.82) is 0 Å². The first-order chi connectivity index (χ1) is 8.35. The zero-order valence-corrected chi connectivity index (χ0v) is 10.2. The van der Waals surface area contributed by atoms with E-state index in [9.17, 15) is 13.2 Å². The van der Waals surface area contributed by atoms with Crippen LogP contribution in [0.1, 0.15) is 5.82 Å². The third-order valence-corrected chi connectivity index (χ3v) is 2.61. The van der Waals surface area contributed by atoms with Crippen molar-refractivity contribution in [3.8, 4) is 0 Å². The number of aromatic nitrogens is 3. The fourth-order valence-electron chi connectivity index (χ4n) is 1.28. The number of halogens is 5. The van der Waals surface area contributed by atoms with Gasteiger partial charge >= 0.3 is 6.18 Å². The molecule has 2 rings (SSSR count). The van der Waals surface area contributed by atoms with Crippen LogP contribution in [0.5, 0.6) is 0 Å². The molecular formula is C9H6Cl2F3N3O. The Morgan fingerprint density at radius 3 is 2.67 bits per heavy atom. The molecule has 18 heavy (non-hydrogen) atoms. The van der Waals surface area contributed by atoms with E-state index in [2.05, 4.69) is 19.7 Å². The van der Waals surface area contributed by atoms with Gasteiger partial charge in [0.2, 0.25) is 0 Å². The second kappa shape index (κ2) is 4.91. The Kier molecular flexibility index (Phi) is 3.65. The van der Waals surface area contributed by atoms with Gasteiger partial charge in [-0.05, 0) is 6.07 Å². The standard InChI is InChI=1S/C9H6Cl2F3N3O/c10-4-1-5-8(17-7(4)11)16-6(15-5)2-18-3-9(12,13)14/h1H,2-3H2,(H,15,16,17). The molecular weight excluding hydrogens is 294 g/mol. The highest BCUT2D eigenvalue weighted by atomic mass is 35.5. The maximum absolute atomic E-state index is 11.9. The van der Waals surface area contributed by atoms with E-state index in [4.69, 9.17) is 23.2 Å². The van der Waals surface area contributed by atoms with Gasteiger partial charge in [0.25, 0.3) is 0 Å². The summed E-state index contributed by atoms with van der Waals surface area (Å²) in [5.74, 6) is 0.222. The number of ether oxygens (including phenoxy) is 1. The molecule has 4 nitrogen and oxygen atoms in total. The number of aromatic amines is 1. The summed E-state index contributed by atoms with van der Waals surface area (Å²) in [6.45, 7) is -1.63. The Morgan fingerprint density at radius 2 is 2.00 bits per heavy atom.